The van der Waals surface area contributed by atoms with Crippen molar-refractivity contribution in [1.82, 2.24) is 4.90 Å². The monoisotopic (exact) mass is 445 g/mol. The van der Waals surface area contributed by atoms with Gasteiger partial charge in [0.1, 0.15) is 18.1 Å². The fourth-order valence-corrected chi connectivity index (χ4v) is 4.62. The molecule has 3 aromatic rings. The van der Waals surface area contributed by atoms with Gasteiger partial charge in [0.15, 0.2) is 0 Å². The summed E-state index contributed by atoms with van der Waals surface area (Å²) in [4.78, 5) is 2.56. The first-order valence-corrected chi connectivity index (χ1v) is 12.3. The summed E-state index contributed by atoms with van der Waals surface area (Å²) in [6, 6.07) is 27.4. The Morgan fingerprint density at radius 1 is 0.788 bits per heavy atom. The standard InChI is InChI=1S/C30H39NO2/c1-23(2)31(24(3)4)20-12-11-17-28(26-15-9-6-10-16-26)29-21-27(32)18-19-30(29)33-22-25-13-7-5-8-14-25/h5-10,13-16,18-19,21,23-24,28,32H,11-12,17,20,22H2,1-4H3. The van der Waals surface area contributed by atoms with Crippen molar-refractivity contribution in [3.63, 3.8) is 0 Å². The maximum atomic E-state index is 10.3. The van der Waals surface area contributed by atoms with Crippen molar-refractivity contribution in [2.45, 2.75) is 71.6 Å². The van der Waals surface area contributed by atoms with Crippen molar-refractivity contribution in [2.24, 2.45) is 0 Å². The Labute approximate surface area is 200 Å². The third-order valence-corrected chi connectivity index (χ3v) is 6.29. The number of unbranched alkanes of at least 4 members (excludes halogenated alkanes) is 1. The van der Waals surface area contributed by atoms with Gasteiger partial charge in [-0.2, -0.15) is 0 Å². The highest BCUT2D eigenvalue weighted by Crippen LogP contribution is 2.38. The molecule has 0 saturated heterocycles. The molecule has 33 heavy (non-hydrogen) atoms. The molecule has 0 heterocycles. The van der Waals surface area contributed by atoms with Crippen LogP contribution in [-0.2, 0) is 6.61 Å². The Morgan fingerprint density at radius 2 is 1.42 bits per heavy atom. The average molecular weight is 446 g/mol. The van der Waals surface area contributed by atoms with Gasteiger partial charge in [0.05, 0.1) is 0 Å². The second-order valence-corrected chi connectivity index (χ2v) is 9.38. The van der Waals surface area contributed by atoms with Crippen molar-refractivity contribution in [2.75, 3.05) is 6.54 Å². The van der Waals surface area contributed by atoms with Gasteiger partial charge in [-0.3, -0.25) is 4.90 Å². The van der Waals surface area contributed by atoms with E-state index < -0.39 is 0 Å². The Kier molecular flexibility index (Phi) is 9.38. The molecule has 0 aliphatic carbocycles. The fraction of sp³-hybridized carbons (Fsp3) is 0.400. The van der Waals surface area contributed by atoms with Crippen molar-refractivity contribution in [3.05, 3.63) is 95.6 Å². The number of hydrogen-bond donors (Lipinski definition) is 1. The van der Waals surface area contributed by atoms with Gasteiger partial charge >= 0.3 is 0 Å². The maximum absolute atomic E-state index is 10.3. The molecule has 0 bridgehead atoms. The second kappa shape index (κ2) is 12.5. The van der Waals surface area contributed by atoms with Crippen LogP contribution >= 0.6 is 0 Å². The molecule has 1 unspecified atom stereocenters. The SMILES string of the molecule is CC(C)N(CCCCC(c1ccccc1)c1cc(O)ccc1OCc1ccccc1)C(C)C. The molecule has 0 radical (unpaired) electrons. The molecule has 0 saturated carbocycles. The Morgan fingerprint density at radius 3 is 2.06 bits per heavy atom. The highest BCUT2D eigenvalue weighted by atomic mass is 16.5. The number of hydrogen-bond acceptors (Lipinski definition) is 3. The fourth-order valence-electron chi connectivity index (χ4n) is 4.62. The topological polar surface area (TPSA) is 32.7 Å². The molecule has 0 aliphatic rings. The summed E-state index contributed by atoms with van der Waals surface area (Å²) in [5.41, 5.74) is 3.45. The Balaban J connectivity index is 1.78. The predicted octanol–water partition coefficient (Wildman–Crippen LogP) is 7.39. The van der Waals surface area contributed by atoms with Crippen LogP contribution in [0.15, 0.2) is 78.9 Å². The lowest BCUT2D eigenvalue weighted by Crippen LogP contribution is -2.37. The van der Waals surface area contributed by atoms with Crippen molar-refractivity contribution < 1.29 is 9.84 Å². The molecule has 3 aromatic carbocycles. The normalized spacial score (nSPS) is 12.5. The van der Waals surface area contributed by atoms with Crippen molar-refractivity contribution in [1.29, 1.82) is 0 Å². The first-order chi connectivity index (χ1) is 16.0. The molecule has 3 heteroatoms. The van der Waals surface area contributed by atoms with Crippen LogP contribution in [-0.4, -0.2) is 28.6 Å². The molecule has 0 aromatic heterocycles. The van der Waals surface area contributed by atoms with Crippen molar-refractivity contribution >= 4 is 0 Å². The lowest BCUT2D eigenvalue weighted by atomic mass is 9.86. The number of phenols is 1. The number of rotatable bonds is 12. The molecule has 176 valence electrons. The zero-order valence-electron chi connectivity index (χ0n) is 20.6. The molecule has 3 rings (SSSR count). The van der Waals surface area contributed by atoms with Crippen LogP contribution in [0.5, 0.6) is 11.5 Å². The Hall–Kier alpha value is -2.78. The van der Waals surface area contributed by atoms with Crippen LogP contribution in [0.4, 0.5) is 0 Å². The second-order valence-electron chi connectivity index (χ2n) is 9.38. The van der Waals surface area contributed by atoms with Gasteiger partial charge in [0.2, 0.25) is 0 Å². The molecule has 0 fully saturated rings. The molecule has 0 amide bonds. The third-order valence-electron chi connectivity index (χ3n) is 6.29. The van der Waals surface area contributed by atoms with Gasteiger partial charge in [0.25, 0.3) is 0 Å². The number of benzene rings is 3. The third kappa shape index (κ3) is 7.36. The molecule has 0 aliphatic heterocycles. The van der Waals surface area contributed by atoms with Crippen LogP contribution < -0.4 is 4.74 Å². The minimum Gasteiger partial charge on any atom is -0.508 e. The van der Waals surface area contributed by atoms with Crippen LogP contribution in [0.25, 0.3) is 0 Å². The van der Waals surface area contributed by atoms with Gasteiger partial charge in [-0.1, -0.05) is 67.1 Å². The number of ether oxygens (including phenoxy) is 1. The van der Waals surface area contributed by atoms with E-state index in [1.165, 1.54) is 5.56 Å². The van der Waals surface area contributed by atoms with E-state index in [0.29, 0.717) is 18.7 Å². The minimum atomic E-state index is 0.177. The van der Waals surface area contributed by atoms with Gasteiger partial charge in [-0.25, -0.2) is 0 Å². The predicted molar refractivity (Wildman–Crippen MR) is 138 cm³/mol. The summed E-state index contributed by atoms with van der Waals surface area (Å²) in [6.45, 7) is 10.7. The first kappa shape index (κ1) is 24.9. The van der Waals surface area contributed by atoms with Crippen LogP contribution in [0.1, 0.15) is 69.6 Å². The van der Waals surface area contributed by atoms with E-state index in [9.17, 15) is 5.11 Å². The first-order valence-electron chi connectivity index (χ1n) is 12.3. The zero-order chi connectivity index (χ0) is 23.6. The van der Waals surface area contributed by atoms with E-state index in [0.717, 1.165) is 42.7 Å². The maximum Gasteiger partial charge on any atom is 0.123 e. The average Bonchev–Trinajstić information content (AvgIpc) is 2.81. The van der Waals surface area contributed by atoms with E-state index in [4.69, 9.17) is 4.74 Å². The van der Waals surface area contributed by atoms with Crippen LogP contribution in [0.2, 0.25) is 0 Å². The summed E-state index contributed by atoms with van der Waals surface area (Å²) in [7, 11) is 0. The lowest BCUT2D eigenvalue weighted by Gasteiger charge is -2.30. The lowest BCUT2D eigenvalue weighted by molar-refractivity contribution is 0.171. The molecule has 1 atom stereocenters. The van der Waals surface area contributed by atoms with E-state index in [1.807, 2.05) is 30.3 Å². The Bertz CT molecular complexity index is 946. The van der Waals surface area contributed by atoms with Crippen LogP contribution in [0.3, 0.4) is 0 Å². The van der Waals surface area contributed by atoms with E-state index in [1.54, 1.807) is 6.07 Å². The van der Waals surface area contributed by atoms with E-state index in [2.05, 4.69) is 75.1 Å². The smallest absolute Gasteiger partial charge is 0.123 e. The van der Waals surface area contributed by atoms with Crippen LogP contribution in [0, 0.1) is 0 Å². The summed E-state index contributed by atoms with van der Waals surface area (Å²) < 4.78 is 6.27. The summed E-state index contributed by atoms with van der Waals surface area (Å²) >= 11 is 0. The molecule has 1 N–H and O–H groups in total. The molecular weight excluding hydrogens is 406 g/mol. The van der Waals surface area contributed by atoms with Gasteiger partial charge in [0, 0.05) is 23.6 Å². The summed E-state index contributed by atoms with van der Waals surface area (Å²) in [6.07, 6.45) is 3.28. The summed E-state index contributed by atoms with van der Waals surface area (Å²) in [5.74, 6) is 1.30. The van der Waals surface area contributed by atoms with Gasteiger partial charge in [-0.15, -0.1) is 0 Å². The zero-order valence-corrected chi connectivity index (χ0v) is 20.6. The van der Waals surface area contributed by atoms with Crippen molar-refractivity contribution in [3.8, 4) is 11.5 Å². The molecular formula is C30H39NO2. The highest BCUT2D eigenvalue weighted by Gasteiger charge is 2.20. The largest absolute Gasteiger partial charge is 0.508 e. The number of phenolic OH excluding ortho intramolecular Hbond substituents is 1. The van der Waals surface area contributed by atoms with Gasteiger partial charge < -0.3 is 9.84 Å². The quantitative estimate of drug-likeness (QED) is 0.295. The van der Waals surface area contributed by atoms with E-state index >= 15 is 0 Å². The summed E-state index contributed by atoms with van der Waals surface area (Å²) in [5, 5.41) is 10.3. The molecule has 3 nitrogen and oxygen atoms in total. The molecule has 0 spiro atoms. The number of aromatic hydroxyl groups is 1. The minimum absolute atomic E-state index is 0.177. The number of nitrogens with zero attached hydrogens (tertiary/aromatic N) is 1. The van der Waals surface area contributed by atoms with E-state index in [-0.39, 0.29) is 11.7 Å². The van der Waals surface area contributed by atoms with Gasteiger partial charge in [-0.05, 0) is 76.4 Å². The highest BCUT2D eigenvalue weighted by molar-refractivity contribution is 5.46.